The van der Waals surface area contributed by atoms with Gasteiger partial charge in [0.15, 0.2) is 0 Å². The van der Waals surface area contributed by atoms with Gasteiger partial charge in [0.25, 0.3) is 0 Å². The molecule has 1 N–H and O–H groups in total. The van der Waals surface area contributed by atoms with Crippen LogP contribution in [-0.2, 0) is 6.54 Å². The fourth-order valence-corrected chi connectivity index (χ4v) is 4.88. The van der Waals surface area contributed by atoms with E-state index in [0.717, 1.165) is 66.5 Å². The number of anilines is 4. The Balaban J connectivity index is 1.32. The zero-order valence-corrected chi connectivity index (χ0v) is 20.1. The third kappa shape index (κ3) is 5.07. The van der Waals surface area contributed by atoms with Crippen LogP contribution >= 0.6 is 11.3 Å². The molecule has 3 heterocycles. The molecule has 0 bridgehead atoms. The van der Waals surface area contributed by atoms with E-state index in [-0.39, 0.29) is 0 Å². The van der Waals surface area contributed by atoms with Crippen molar-refractivity contribution in [2.75, 3.05) is 55.4 Å². The molecule has 8 heteroatoms. The van der Waals surface area contributed by atoms with E-state index >= 15 is 0 Å². The Hall–Kier alpha value is -3.23. The molecule has 5 rings (SSSR count). The van der Waals surface area contributed by atoms with Crippen LogP contribution in [-0.4, -0.2) is 60.1 Å². The fourth-order valence-electron chi connectivity index (χ4n) is 4.07. The Morgan fingerprint density at radius 3 is 2.48 bits per heavy atom. The van der Waals surface area contributed by atoms with Gasteiger partial charge in [-0.15, -0.1) is 11.3 Å². The van der Waals surface area contributed by atoms with Crippen LogP contribution in [0.4, 0.5) is 23.3 Å². The standard InChI is InChI=1S/C25H29N7S/c1-18-26-21-15-20(9-10-22(21)33-18)27-23-16-24(30(2)3)29-25(28-23)32-13-11-31(12-14-32)17-19-7-5-4-6-8-19/h4-10,15-16H,11-14,17H2,1-3H3,(H,27,28,29). The summed E-state index contributed by atoms with van der Waals surface area (Å²) in [6, 6.07) is 18.9. The molecular formula is C25H29N7S. The summed E-state index contributed by atoms with van der Waals surface area (Å²) in [6.07, 6.45) is 0. The summed E-state index contributed by atoms with van der Waals surface area (Å²) >= 11 is 1.71. The molecule has 0 radical (unpaired) electrons. The van der Waals surface area contributed by atoms with E-state index in [9.17, 15) is 0 Å². The lowest BCUT2D eigenvalue weighted by atomic mass is 10.2. The summed E-state index contributed by atoms with van der Waals surface area (Å²) in [5.74, 6) is 2.45. The van der Waals surface area contributed by atoms with E-state index in [1.165, 1.54) is 10.3 Å². The number of rotatable bonds is 6. The number of benzene rings is 2. The normalized spacial score (nSPS) is 14.6. The van der Waals surface area contributed by atoms with Gasteiger partial charge >= 0.3 is 0 Å². The van der Waals surface area contributed by atoms with Gasteiger partial charge in [0.1, 0.15) is 11.6 Å². The van der Waals surface area contributed by atoms with E-state index in [4.69, 9.17) is 9.97 Å². The lowest BCUT2D eigenvalue weighted by Gasteiger charge is -2.35. The SMILES string of the molecule is Cc1nc2cc(Nc3cc(N(C)C)nc(N4CCN(Cc5ccccc5)CC4)n3)ccc2s1. The first-order chi connectivity index (χ1) is 16.0. The van der Waals surface area contributed by atoms with Crippen molar-refractivity contribution in [2.45, 2.75) is 13.5 Å². The molecule has 0 aliphatic carbocycles. The molecule has 2 aromatic carbocycles. The lowest BCUT2D eigenvalue weighted by molar-refractivity contribution is 0.249. The van der Waals surface area contributed by atoms with Gasteiger partial charge in [0, 0.05) is 58.6 Å². The molecule has 0 amide bonds. The molecule has 1 saturated heterocycles. The average Bonchev–Trinajstić information content (AvgIpc) is 3.19. The minimum Gasteiger partial charge on any atom is -0.363 e. The lowest BCUT2D eigenvalue weighted by Crippen LogP contribution is -2.46. The molecule has 1 aliphatic rings. The van der Waals surface area contributed by atoms with Crippen molar-refractivity contribution in [1.29, 1.82) is 0 Å². The van der Waals surface area contributed by atoms with Crippen LogP contribution in [0.15, 0.2) is 54.6 Å². The Bertz CT molecular complexity index is 1230. The number of piperazine rings is 1. The van der Waals surface area contributed by atoms with Gasteiger partial charge in [-0.2, -0.15) is 9.97 Å². The smallest absolute Gasteiger partial charge is 0.229 e. The minimum absolute atomic E-state index is 0.772. The first kappa shape index (κ1) is 21.6. The Morgan fingerprint density at radius 2 is 1.73 bits per heavy atom. The summed E-state index contributed by atoms with van der Waals surface area (Å²) in [7, 11) is 4.02. The molecule has 170 valence electrons. The Labute approximate surface area is 198 Å². The van der Waals surface area contributed by atoms with Crippen LogP contribution in [0, 0.1) is 6.92 Å². The third-order valence-electron chi connectivity index (χ3n) is 5.83. The first-order valence-electron chi connectivity index (χ1n) is 11.3. The van der Waals surface area contributed by atoms with Gasteiger partial charge in [-0.05, 0) is 30.7 Å². The van der Waals surface area contributed by atoms with E-state index in [2.05, 4.69) is 68.6 Å². The van der Waals surface area contributed by atoms with Crippen molar-refractivity contribution in [3.05, 3.63) is 65.2 Å². The number of nitrogens with one attached hydrogen (secondary N) is 1. The zero-order valence-electron chi connectivity index (χ0n) is 19.3. The molecule has 0 atom stereocenters. The third-order valence-corrected chi connectivity index (χ3v) is 6.78. The second kappa shape index (κ2) is 9.33. The highest BCUT2D eigenvalue weighted by molar-refractivity contribution is 7.18. The van der Waals surface area contributed by atoms with E-state index < -0.39 is 0 Å². The van der Waals surface area contributed by atoms with Crippen LogP contribution in [0.25, 0.3) is 10.2 Å². The van der Waals surface area contributed by atoms with Crippen LogP contribution in [0.5, 0.6) is 0 Å². The van der Waals surface area contributed by atoms with Gasteiger partial charge in [0.05, 0.1) is 15.2 Å². The molecule has 2 aromatic heterocycles. The molecule has 33 heavy (non-hydrogen) atoms. The van der Waals surface area contributed by atoms with Crippen LogP contribution in [0.1, 0.15) is 10.6 Å². The quantitative estimate of drug-likeness (QED) is 0.455. The number of aromatic nitrogens is 3. The maximum atomic E-state index is 4.87. The number of fused-ring (bicyclic) bond motifs is 1. The largest absolute Gasteiger partial charge is 0.363 e. The number of hydrogen-bond donors (Lipinski definition) is 1. The average molecular weight is 460 g/mol. The van der Waals surface area contributed by atoms with E-state index in [0.29, 0.717) is 0 Å². The molecule has 1 aliphatic heterocycles. The summed E-state index contributed by atoms with van der Waals surface area (Å²) in [5.41, 5.74) is 3.35. The highest BCUT2D eigenvalue weighted by Gasteiger charge is 2.20. The molecular weight excluding hydrogens is 430 g/mol. The minimum atomic E-state index is 0.772. The second-order valence-corrected chi connectivity index (χ2v) is 9.83. The Kier molecular flexibility index (Phi) is 6.11. The topological polar surface area (TPSA) is 60.4 Å². The predicted octanol–water partition coefficient (Wildman–Crippen LogP) is 4.53. The predicted molar refractivity (Wildman–Crippen MR) is 138 cm³/mol. The highest BCUT2D eigenvalue weighted by Crippen LogP contribution is 2.27. The first-order valence-corrected chi connectivity index (χ1v) is 12.1. The highest BCUT2D eigenvalue weighted by atomic mass is 32.1. The van der Waals surface area contributed by atoms with E-state index in [1.54, 1.807) is 11.3 Å². The summed E-state index contributed by atoms with van der Waals surface area (Å²) in [6.45, 7) is 6.83. The van der Waals surface area contributed by atoms with Gasteiger partial charge in [-0.3, -0.25) is 4.90 Å². The number of nitrogens with zero attached hydrogens (tertiary/aromatic N) is 6. The van der Waals surface area contributed by atoms with E-state index in [1.807, 2.05) is 32.0 Å². The molecule has 1 fully saturated rings. The monoisotopic (exact) mass is 459 g/mol. The summed E-state index contributed by atoms with van der Waals surface area (Å²) in [4.78, 5) is 21.1. The maximum Gasteiger partial charge on any atom is 0.229 e. The molecule has 0 unspecified atom stereocenters. The molecule has 4 aromatic rings. The molecule has 7 nitrogen and oxygen atoms in total. The van der Waals surface area contributed by atoms with Crippen molar-refractivity contribution >= 4 is 44.8 Å². The fraction of sp³-hybridized carbons (Fsp3) is 0.320. The van der Waals surface area contributed by atoms with Gasteiger partial charge in [-0.1, -0.05) is 30.3 Å². The van der Waals surface area contributed by atoms with Crippen molar-refractivity contribution in [3.63, 3.8) is 0 Å². The van der Waals surface area contributed by atoms with Crippen LogP contribution in [0.3, 0.4) is 0 Å². The van der Waals surface area contributed by atoms with Crippen molar-refractivity contribution in [2.24, 2.45) is 0 Å². The summed E-state index contributed by atoms with van der Waals surface area (Å²) in [5, 5.41) is 4.55. The Morgan fingerprint density at radius 1 is 0.939 bits per heavy atom. The summed E-state index contributed by atoms with van der Waals surface area (Å²) < 4.78 is 1.20. The number of aryl methyl sites for hydroxylation is 1. The second-order valence-electron chi connectivity index (χ2n) is 8.59. The number of thiazole rings is 1. The van der Waals surface area contributed by atoms with Crippen LogP contribution in [0.2, 0.25) is 0 Å². The van der Waals surface area contributed by atoms with Crippen molar-refractivity contribution in [1.82, 2.24) is 19.9 Å². The van der Waals surface area contributed by atoms with Crippen LogP contribution < -0.4 is 15.1 Å². The van der Waals surface area contributed by atoms with Gasteiger partial charge in [0.2, 0.25) is 5.95 Å². The van der Waals surface area contributed by atoms with Crippen molar-refractivity contribution in [3.8, 4) is 0 Å². The van der Waals surface area contributed by atoms with Gasteiger partial charge < -0.3 is 15.1 Å². The maximum absolute atomic E-state index is 4.87. The number of hydrogen-bond acceptors (Lipinski definition) is 8. The zero-order chi connectivity index (χ0) is 22.8. The molecule has 0 spiro atoms. The van der Waals surface area contributed by atoms with Gasteiger partial charge in [-0.25, -0.2) is 4.98 Å². The molecule has 0 saturated carbocycles. The van der Waals surface area contributed by atoms with Crippen molar-refractivity contribution < 1.29 is 0 Å².